The fourth-order valence-corrected chi connectivity index (χ4v) is 1.99. The Morgan fingerprint density at radius 2 is 1.95 bits per heavy atom. The molecule has 6 heteroatoms. The number of rotatable bonds is 3. The molecule has 0 amide bonds. The van der Waals surface area contributed by atoms with Crippen LogP contribution >= 0.6 is 0 Å². The molecule has 0 unspecified atom stereocenters. The van der Waals surface area contributed by atoms with Crippen LogP contribution in [0.3, 0.4) is 0 Å². The summed E-state index contributed by atoms with van der Waals surface area (Å²) in [7, 11) is 0. The summed E-state index contributed by atoms with van der Waals surface area (Å²) in [5.74, 6) is 0.281. The van der Waals surface area contributed by atoms with E-state index in [1.54, 1.807) is 26.0 Å². The quantitative estimate of drug-likeness (QED) is 0.759. The second-order valence-electron chi connectivity index (χ2n) is 4.71. The molecule has 0 atom stereocenters. The summed E-state index contributed by atoms with van der Waals surface area (Å²) in [5, 5.41) is 0. The highest BCUT2D eigenvalue weighted by molar-refractivity contribution is 6.02. The van der Waals surface area contributed by atoms with Crippen LogP contribution in [-0.2, 0) is 6.18 Å². The van der Waals surface area contributed by atoms with Gasteiger partial charge in [-0.15, -0.1) is 0 Å². The first-order chi connectivity index (χ1) is 10.3. The van der Waals surface area contributed by atoms with Crippen molar-refractivity contribution in [3.8, 4) is 0 Å². The highest BCUT2D eigenvalue weighted by Crippen LogP contribution is 2.32. The van der Waals surface area contributed by atoms with E-state index in [4.69, 9.17) is 4.42 Å². The predicted octanol–water partition coefficient (Wildman–Crippen LogP) is 4.87. The molecule has 22 heavy (non-hydrogen) atoms. The van der Waals surface area contributed by atoms with E-state index in [1.807, 2.05) is 0 Å². The summed E-state index contributed by atoms with van der Waals surface area (Å²) in [6.45, 7) is 5.01. The van der Waals surface area contributed by atoms with Crippen LogP contribution in [0.2, 0.25) is 0 Å². The third-order valence-corrected chi connectivity index (χ3v) is 3.02. The standard InChI is InChI=1S/C16H15F3N2O/c1-4-14(15-20-10(2)9-22-15)21-11(3)12-7-5-6-8-13(12)16(17,18)19/h4-9H,1-3H3/b14-4-,21-11?. The molecule has 0 aliphatic rings. The minimum atomic E-state index is -4.43. The molecule has 1 aromatic heterocycles. The zero-order chi connectivity index (χ0) is 16.3. The summed E-state index contributed by atoms with van der Waals surface area (Å²) < 4.78 is 44.4. The number of nitrogens with zero attached hydrogens (tertiary/aromatic N) is 2. The largest absolute Gasteiger partial charge is 0.443 e. The van der Waals surface area contributed by atoms with Crippen LogP contribution in [0.15, 0.2) is 46.0 Å². The van der Waals surface area contributed by atoms with Gasteiger partial charge in [0.1, 0.15) is 12.0 Å². The van der Waals surface area contributed by atoms with Gasteiger partial charge in [-0.25, -0.2) is 9.98 Å². The van der Waals surface area contributed by atoms with Crippen molar-refractivity contribution in [1.29, 1.82) is 0 Å². The molecule has 0 saturated carbocycles. The summed E-state index contributed by atoms with van der Waals surface area (Å²) >= 11 is 0. The van der Waals surface area contributed by atoms with Crippen molar-refractivity contribution in [2.24, 2.45) is 4.99 Å². The van der Waals surface area contributed by atoms with Crippen molar-refractivity contribution in [2.75, 3.05) is 0 Å². The number of benzene rings is 1. The Hall–Kier alpha value is -2.37. The Morgan fingerprint density at radius 3 is 2.50 bits per heavy atom. The first kappa shape index (κ1) is 16.0. The smallest absolute Gasteiger partial charge is 0.417 e. The van der Waals surface area contributed by atoms with Gasteiger partial charge in [0.2, 0.25) is 5.89 Å². The minimum Gasteiger partial charge on any atom is -0.443 e. The maximum Gasteiger partial charge on any atom is 0.417 e. The van der Waals surface area contributed by atoms with Crippen molar-refractivity contribution in [1.82, 2.24) is 4.98 Å². The molecule has 0 aliphatic carbocycles. The highest BCUT2D eigenvalue weighted by atomic mass is 19.4. The third kappa shape index (κ3) is 3.44. The number of aryl methyl sites for hydroxylation is 1. The molecule has 1 aromatic carbocycles. The van der Waals surface area contributed by atoms with Gasteiger partial charge in [0.25, 0.3) is 0 Å². The molecule has 0 radical (unpaired) electrons. The van der Waals surface area contributed by atoms with E-state index >= 15 is 0 Å². The van der Waals surface area contributed by atoms with Crippen LogP contribution in [0.5, 0.6) is 0 Å². The second kappa shape index (κ2) is 6.17. The fourth-order valence-electron chi connectivity index (χ4n) is 1.99. The Balaban J connectivity index is 2.45. The molecule has 1 heterocycles. The Morgan fingerprint density at radius 1 is 1.27 bits per heavy atom. The van der Waals surface area contributed by atoms with Gasteiger partial charge in [-0.1, -0.05) is 24.3 Å². The van der Waals surface area contributed by atoms with E-state index in [-0.39, 0.29) is 17.2 Å². The van der Waals surface area contributed by atoms with E-state index in [9.17, 15) is 13.2 Å². The number of hydrogen-bond acceptors (Lipinski definition) is 3. The topological polar surface area (TPSA) is 38.4 Å². The average Bonchev–Trinajstić information content (AvgIpc) is 2.90. The van der Waals surface area contributed by atoms with Crippen LogP contribution in [0.1, 0.15) is 36.6 Å². The molecule has 3 nitrogen and oxygen atoms in total. The second-order valence-corrected chi connectivity index (χ2v) is 4.71. The molecule has 0 N–H and O–H groups in total. The lowest BCUT2D eigenvalue weighted by Crippen LogP contribution is -2.12. The number of aromatic nitrogens is 1. The summed E-state index contributed by atoms with van der Waals surface area (Å²) in [6, 6.07) is 5.34. The summed E-state index contributed by atoms with van der Waals surface area (Å²) in [4.78, 5) is 8.38. The van der Waals surface area contributed by atoms with E-state index in [1.165, 1.54) is 25.3 Å². The molecular formula is C16H15F3N2O. The van der Waals surface area contributed by atoms with Crippen LogP contribution in [0, 0.1) is 6.92 Å². The number of aliphatic imine (C=N–C) groups is 1. The molecular weight excluding hydrogens is 293 g/mol. The fraction of sp³-hybridized carbons (Fsp3) is 0.250. The molecule has 2 rings (SSSR count). The predicted molar refractivity (Wildman–Crippen MR) is 78.5 cm³/mol. The van der Waals surface area contributed by atoms with E-state index in [2.05, 4.69) is 9.98 Å². The van der Waals surface area contributed by atoms with Gasteiger partial charge in [-0.05, 0) is 26.8 Å². The van der Waals surface area contributed by atoms with Crippen molar-refractivity contribution in [3.05, 3.63) is 59.3 Å². The first-order valence-corrected chi connectivity index (χ1v) is 6.63. The number of oxazole rings is 1. The molecule has 0 aliphatic heterocycles. The highest BCUT2D eigenvalue weighted by Gasteiger charge is 2.33. The molecule has 0 spiro atoms. The van der Waals surface area contributed by atoms with Crippen molar-refractivity contribution in [3.63, 3.8) is 0 Å². The lowest BCUT2D eigenvalue weighted by molar-refractivity contribution is -0.137. The Bertz CT molecular complexity index is 727. The van der Waals surface area contributed by atoms with Gasteiger partial charge >= 0.3 is 6.18 Å². The average molecular weight is 308 g/mol. The SMILES string of the molecule is C/C=C(\N=C(C)c1ccccc1C(F)(F)F)c1nc(C)co1. The zero-order valence-electron chi connectivity index (χ0n) is 12.4. The molecule has 0 bridgehead atoms. The first-order valence-electron chi connectivity index (χ1n) is 6.63. The summed E-state index contributed by atoms with van der Waals surface area (Å²) in [5.41, 5.74) is 0.644. The van der Waals surface area contributed by atoms with Gasteiger partial charge < -0.3 is 4.42 Å². The number of alkyl halides is 3. The number of hydrogen-bond donors (Lipinski definition) is 0. The Labute approximate surface area is 126 Å². The maximum absolute atomic E-state index is 13.1. The van der Waals surface area contributed by atoms with Gasteiger partial charge in [-0.2, -0.15) is 13.2 Å². The maximum atomic E-state index is 13.1. The van der Waals surface area contributed by atoms with Gasteiger partial charge in [0, 0.05) is 11.3 Å². The van der Waals surface area contributed by atoms with E-state index in [0.29, 0.717) is 11.4 Å². The normalized spacial score (nSPS) is 13.5. The lowest BCUT2D eigenvalue weighted by atomic mass is 10.0. The van der Waals surface area contributed by atoms with Gasteiger partial charge in [-0.3, -0.25) is 0 Å². The van der Waals surface area contributed by atoms with Crippen LogP contribution in [-0.4, -0.2) is 10.7 Å². The van der Waals surface area contributed by atoms with Gasteiger partial charge in [0.05, 0.1) is 11.3 Å². The van der Waals surface area contributed by atoms with Crippen LogP contribution in [0.25, 0.3) is 5.70 Å². The molecule has 0 fully saturated rings. The van der Waals surface area contributed by atoms with Crippen LogP contribution < -0.4 is 0 Å². The number of allylic oxidation sites excluding steroid dienone is 1. The van der Waals surface area contributed by atoms with Crippen molar-refractivity contribution >= 4 is 11.4 Å². The molecule has 0 saturated heterocycles. The molecule has 116 valence electrons. The van der Waals surface area contributed by atoms with Gasteiger partial charge in [0.15, 0.2) is 0 Å². The third-order valence-electron chi connectivity index (χ3n) is 3.02. The van der Waals surface area contributed by atoms with Crippen molar-refractivity contribution < 1.29 is 17.6 Å². The van der Waals surface area contributed by atoms with E-state index in [0.717, 1.165) is 6.07 Å². The lowest BCUT2D eigenvalue weighted by Gasteiger charge is -2.12. The Kier molecular flexibility index (Phi) is 4.49. The number of halogens is 3. The van der Waals surface area contributed by atoms with Crippen LogP contribution in [0.4, 0.5) is 13.2 Å². The zero-order valence-corrected chi connectivity index (χ0v) is 12.4. The monoisotopic (exact) mass is 308 g/mol. The minimum absolute atomic E-state index is 0.0395. The van der Waals surface area contributed by atoms with Crippen molar-refractivity contribution in [2.45, 2.75) is 26.9 Å². The molecule has 2 aromatic rings. The summed E-state index contributed by atoms with van der Waals surface area (Å²) in [6.07, 6.45) is -1.32. The van der Waals surface area contributed by atoms with E-state index < -0.39 is 11.7 Å².